The highest BCUT2D eigenvalue weighted by molar-refractivity contribution is 5.76. The Bertz CT molecular complexity index is 344. The summed E-state index contributed by atoms with van der Waals surface area (Å²) in [6, 6.07) is 8.44. The van der Waals surface area contributed by atoms with Gasteiger partial charge in [0.05, 0.1) is 0 Å². The summed E-state index contributed by atoms with van der Waals surface area (Å²) < 4.78 is 0. The first-order valence-corrected chi connectivity index (χ1v) is 6.16. The summed E-state index contributed by atoms with van der Waals surface area (Å²) in [6.07, 6.45) is 2.17. The highest BCUT2D eigenvalue weighted by Crippen LogP contribution is 2.05. The molecule has 1 atom stereocenters. The summed E-state index contributed by atoms with van der Waals surface area (Å²) in [7, 11) is 0. The standard InChI is InChI=1S/C14H22N2O/c1-11-3-5-13(6-4-11)7-8-14(17)16-10-9-12(2)15/h3-6,12H,7-10,15H2,1-2H3,(H,16,17). The number of benzene rings is 1. The van der Waals surface area contributed by atoms with Gasteiger partial charge in [-0.05, 0) is 32.3 Å². The van der Waals surface area contributed by atoms with Crippen molar-refractivity contribution in [2.24, 2.45) is 5.73 Å². The van der Waals surface area contributed by atoms with E-state index in [2.05, 4.69) is 36.5 Å². The Balaban J connectivity index is 2.21. The number of carbonyl (C=O) groups excluding carboxylic acids is 1. The van der Waals surface area contributed by atoms with Crippen LogP contribution < -0.4 is 11.1 Å². The summed E-state index contributed by atoms with van der Waals surface area (Å²) in [5.41, 5.74) is 8.06. The van der Waals surface area contributed by atoms with Crippen LogP contribution in [0, 0.1) is 6.92 Å². The Morgan fingerprint density at radius 2 is 2.00 bits per heavy atom. The summed E-state index contributed by atoms with van der Waals surface area (Å²) in [5, 5.41) is 2.88. The summed E-state index contributed by atoms with van der Waals surface area (Å²) >= 11 is 0. The third-order valence-electron chi connectivity index (χ3n) is 2.68. The Morgan fingerprint density at radius 1 is 1.35 bits per heavy atom. The third kappa shape index (κ3) is 6.07. The Hall–Kier alpha value is -1.35. The van der Waals surface area contributed by atoms with E-state index in [1.165, 1.54) is 11.1 Å². The lowest BCUT2D eigenvalue weighted by molar-refractivity contribution is -0.121. The van der Waals surface area contributed by atoms with Gasteiger partial charge in [-0.1, -0.05) is 29.8 Å². The van der Waals surface area contributed by atoms with Crippen LogP contribution in [-0.2, 0) is 11.2 Å². The molecule has 0 aliphatic heterocycles. The molecule has 0 fully saturated rings. The molecule has 0 saturated heterocycles. The predicted octanol–water partition coefficient (Wildman–Crippen LogP) is 1.78. The van der Waals surface area contributed by atoms with Gasteiger partial charge in [0.2, 0.25) is 5.91 Å². The van der Waals surface area contributed by atoms with E-state index < -0.39 is 0 Å². The number of hydrogen-bond acceptors (Lipinski definition) is 2. The first-order chi connectivity index (χ1) is 8.08. The SMILES string of the molecule is Cc1ccc(CCC(=O)NCCC(C)N)cc1. The van der Waals surface area contributed by atoms with Gasteiger partial charge in [-0.3, -0.25) is 4.79 Å². The molecule has 17 heavy (non-hydrogen) atoms. The number of aryl methyl sites for hydroxylation is 2. The normalized spacial score (nSPS) is 12.2. The van der Waals surface area contributed by atoms with Gasteiger partial charge in [0.25, 0.3) is 0 Å². The molecule has 0 aromatic heterocycles. The van der Waals surface area contributed by atoms with Crippen molar-refractivity contribution in [1.29, 1.82) is 0 Å². The molecule has 1 rings (SSSR count). The lowest BCUT2D eigenvalue weighted by atomic mass is 10.1. The molecule has 1 aromatic rings. The van der Waals surface area contributed by atoms with Crippen molar-refractivity contribution in [3.63, 3.8) is 0 Å². The Labute approximate surface area is 103 Å². The molecular formula is C14H22N2O. The van der Waals surface area contributed by atoms with Gasteiger partial charge in [-0.15, -0.1) is 0 Å². The largest absolute Gasteiger partial charge is 0.356 e. The highest BCUT2D eigenvalue weighted by atomic mass is 16.1. The van der Waals surface area contributed by atoms with Crippen LogP contribution in [0.1, 0.15) is 30.9 Å². The van der Waals surface area contributed by atoms with Crippen LogP contribution in [0.25, 0.3) is 0 Å². The first kappa shape index (κ1) is 13.7. The zero-order valence-electron chi connectivity index (χ0n) is 10.7. The molecular weight excluding hydrogens is 212 g/mol. The Morgan fingerprint density at radius 3 is 2.59 bits per heavy atom. The zero-order valence-corrected chi connectivity index (χ0v) is 10.7. The van der Waals surface area contributed by atoms with E-state index in [-0.39, 0.29) is 11.9 Å². The summed E-state index contributed by atoms with van der Waals surface area (Å²) in [6.45, 7) is 4.67. The summed E-state index contributed by atoms with van der Waals surface area (Å²) in [4.78, 5) is 11.5. The topological polar surface area (TPSA) is 55.1 Å². The maximum absolute atomic E-state index is 11.5. The third-order valence-corrected chi connectivity index (χ3v) is 2.68. The molecule has 1 aromatic carbocycles. The van der Waals surface area contributed by atoms with E-state index in [1.54, 1.807) is 0 Å². The van der Waals surface area contributed by atoms with Crippen LogP contribution in [0.2, 0.25) is 0 Å². The van der Waals surface area contributed by atoms with Crippen molar-refractivity contribution < 1.29 is 4.79 Å². The molecule has 0 heterocycles. The van der Waals surface area contributed by atoms with Crippen molar-refractivity contribution in [2.45, 2.75) is 39.2 Å². The van der Waals surface area contributed by atoms with Crippen LogP contribution in [0.5, 0.6) is 0 Å². The van der Waals surface area contributed by atoms with E-state index in [0.717, 1.165) is 12.8 Å². The molecule has 0 aliphatic carbocycles. The fourth-order valence-electron chi connectivity index (χ4n) is 1.54. The van der Waals surface area contributed by atoms with Crippen molar-refractivity contribution in [3.05, 3.63) is 35.4 Å². The quantitative estimate of drug-likeness (QED) is 0.788. The average Bonchev–Trinajstić information content (AvgIpc) is 2.28. The maximum Gasteiger partial charge on any atom is 0.220 e. The average molecular weight is 234 g/mol. The fraction of sp³-hybridized carbons (Fsp3) is 0.500. The van der Waals surface area contributed by atoms with Crippen molar-refractivity contribution in [1.82, 2.24) is 5.32 Å². The van der Waals surface area contributed by atoms with E-state index in [1.807, 2.05) is 6.92 Å². The molecule has 1 unspecified atom stereocenters. The number of nitrogens with two attached hydrogens (primary N) is 1. The van der Waals surface area contributed by atoms with Crippen LogP contribution in [0.4, 0.5) is 0 Å². The van der Waals surface area contributed by atoms with Gasteiger partial charge >= 0.3 is 0 Å². The molecule has 1 amide bonds. The van der Waals surface area contributed by atoms with E-state index in [4.69, 9.17) is 5.73 Å². The summed E-state index contributed by atoms with van der Waals surface area (Å²) in [5.74, 6) is 0.103. The molecule has 0 spiro atoms. The molecule has 0 aliphatic rings. The number of nitrogens with one attached hydrogen (secondary N) is 1. The van der Waals surface area contributed by atoms with Crippen LogP contribution in [0.15, 0.2) is 24.3 Å². The number of rotatable bonds is 6. The highest BCUT2D eigenvalue weighted by Gasteiger charge is 2.02. The van der Waals surface area contributed by atoms with Gasteiger partial charge < -0.3 is 11.1 Å². The van der Waals surface area contributed by atoms with Gasteiger partial charge in [0.15, 0.2) is 0 Å². The lowest BCUT2D eigenvalue weighted by Gasteiger charge is -2.07. The minimum Gasteiger partial charge on any atom is -0.356 e. The van der Waals surface area contributed by atoms with Gasteiger partial charge in [-0.25, -0.2) is 0 Å². The zero-order chi connectivity index (χ0) is 12.7. The maximum atomic E-state index is 11.5. The first-order valence-electron chi connectivity index (χ1n) is 6.16. The minimum absolute atomic E-state index is 0.103. The van der Waals surface area contributed by atoms with Crippen molar-refractivity contribution >= 4 is 5.91 Å². The second-order valence-electron chi connectivity index (χ2n) is 4.60. The molecule has 0 radical (unpaired) electrons. The van der Waals surface area contributed by atoms with Crippen LogP contribution >= 0.6 is 0 Å². The number of amides is 1. The Kier molecular flexibility index (Phi) is 5.70. The molecule has 94 valence electrons. The minimum atomic E-state index is 0.103. The van der Waals surface area contributed by atoms with Crippen LogP contribution in [-0.4, -0.2) is 18.5 Å². The van der Waals surface area contributed by atoms with Gasteiger partial charge in [0.1, 0.15) is 0 Å². The van der Waals surface area contributed by atoms with Crippen LogP contribution in [0.3, 0.4) is 0 Å². The smallest absolute Gasteiger partial charge is 0.220 e. The van der Waals surface area contributed by atoms with E-state index >= 15 is 0 Å². The lowest BCUT2D eigenvalue weighted by Crippen LogP contribution is -2.29. The molecule has 3 nitrogen and oxygen atoms in total. The van der Waals surface area contributed by atoms with Gasteiger partial charge in [-0.2, -0.15) is 0 Å². The number of hydrogen-bond donors (Lipinski definition) is 2. The van der Waals surface area contributed by atoms with E-state index in [9.17, 15) is 4.79 Å². The predicted molar refractivity (Wildman–Crippen MR) is 70.8 cm³/mol. The molecule has 0 saturated carbocycles. The van der Waals surface area contributed by atoms with Crippen molar-refractivity contribution in [3.8, 4) is 0 Å². The second kappa shape index (κ2) is 7.07. The van der Waals surface area contributed by atoms with E-state index in [0.29, 0.717) is 13.0 Å². The molecule has 0 bridgehead atoms. The fourth-order valence-corrected chi connectivity index (χ4v) is 1.54. The van der Waals surface area contributed by atoms with Gasteiger partial charge in [0, 0.05) is 19.0 Å². The number of carbonyl (C=O) groups is 1. The van der Waals surface area contributed by atoms with Crippen molar-refractivity contribution in [2.75, 3.05) is 6.54 Å². The molecule has 3 N–H and O–H groups in total. The monoisotopic (exact) mass is 234 g/mol. The molecule has 3 heteroatoms. The second-order valence-corrected chi connectivity index (χ2v) is 4.60.